The lowest BCUT2D eigenvalue weighted by molar-refractivity contribution is -0.145. The minimum Gasteiger partial charge on any atom is -0.303 e. The Morgan fingerprint density at radius 3 is 2.52 bits per heavy atom. The van der Waals surface area contributed by atoms with Crippen molar-refractivity contribution < 1.29 is 9.59 Å². The number of benzene rings is 1. The highest BCUT2D eigenvalue weighted by molar-refractivity contribution is 6.06. The fourth-order valence-electron chi connectivity index (χ4n) is 4.74. The van der Waals surface area contributed by atoms with E-state index in [1.807, 2.05) is 6.07 Å². The predicted molar refractivity (Wildman–Crippen MR) is 95.6 cm³/mol. The van der Waals surface area contributed by atoms with Gasteiger partial charge in [0, 0.05) is 32.1 Å². The summed E-state index contributed by atoms with van der Waals surface area (Å²) in [5.74, 6) is 0.110. The van der Waals surface area contributed by atoms with Gasteiger partial charge in [0.15, 0.2) is 0 Å². The largest absolute Gasteiger partial charge is 0.303 e. The Labute approximate surface area is 149 Å². The van der Waals surface area contributed by atoms with Gasteiger partial charge in [-0.25, -0.2) is 0 Å². The van der Waals surface area contributed by atoms with Crippen LogP contribution in [0.2, 0.25) is 0 Å². The number of imide groups is 1. The van der Waals surface area contributed by atoms with Gasteiger partial charge < -0.3 is 4.90 Å². The highest BCUT2D eigenvalue weighted by atomic mass is 16.2. The molecular weight excluding hydrogens is 314 g/mol. The quantitative estimate of drug-likeness (QED) is 0.791. The average Bonchev–Trinajstić information content (AvgIpc) is 3.18. The highest BCUT2D eigenvalue weighted by Crippen LogP contribution is 2.47. The van der Waals surface area contributed by atoms with Crippen LogP contribution in [0.5, 0.6) is 0 Å². The highest BCUT2D eigenvalue weighted by Gasteiger charge is 2.53. The van der Waals surface area contributed by atoms with Crippen LogP contribution in [0.25, 0.3) is 0 Å². The summed E-state index contributed by atoms with van der Waals surface area (Å²) in [6.07, 6.45) is 4.36. The molecule has 2 aliphatic heterocycles. The minimum absolute atomic E-state index is 0.0256. The van der Waals surface area contributed by atoms with Gasteiger partial charge in [0.1, 0.15) is 0 Å². The second-order valence-corrected chi connectivity index (χ2v) is 7.93. The van der Waals surface area contributed by atoms with Gasteiger partial charge in [-0.05, 0) is 25.5 Å². The molecule has 2 saturated heterocycles. The molecule has 25 heavy (non-hydrogen) atoms. The zero-order valence-electron chi connectivity index (χ0n) is 15.0. The van der Waals surface area contributed by atoms with Crippen molar-refractivity contribution >= 4 is 11.8 Å². The molecule has 134 valence electrons. The van der Waals surface area contributed by atoms with E-state index in [1.54, 1.807) is 4.90 Å². The number of hydrogen-bond donors (Lipinski definition) is 0. The van der Waals surface area contributed by atoms with E-state index < -0.39 is 0 Å². The zero-order valence-corrected chi connectivity index (χ0v) is 15.0. The first-order valence-electron chi connectivity index (χ1n) is 9.41. The van der Waals surface area contributed by atoms with Crippen LogP contribution in [-0.4, -0.2) is 59.9 Å². The molecule has 1 saturated carbocycles. The Balaban J connectivity index is 1.54. The third-order valence-corrected chi connectivity index (χ3v) is 6.25. The van der Waals surface area contributed by atoms with Crippen molar-refractivity contribution in [3.05, 3.63) is 35.9 Å². The van der Waals surface area contributed by atoms with E-state index in [1.165, 1.54) is 5.56 Å². The summed E-state index contributed by atoms with van der Waals surface area (Å²) in [4.78, 5) is 31.8. The van der Waals surface area contributed by atoms with Gasteiger partial charge in [0.25, 0.3) is 0 Å². The summed E-state index contributed by atoms with van der Waals surface area (Å²) in [5, 5.41) is 0. The molecule has 1 atom stereocenters. The molecule has 1 spiro atoms. The molecule has 1 aromatic carbocycles. The van der Waals surface area contributed by atoms with Crippen molar-refractivity contribution in [2.45, 2.75) is 38.1 Å². The molecule has 5 nitrogen and oxygen atoms in total. The van der Waals surface area contributed by atoms with E-state index in [-0.39, 0.29) is 23.3 Å². The molecule has 1 unspecified atom stereocenters. The Morgan fingerprint density at radius 1 is 1.08 bits per heavy atom. The SMILES string of the molecule is CN1CCN(CN2C(=O)CC3(CCCC3)C2=O)C(c2ccccc2)C1. The first-order chi connectivity index (χ1) is 12.1. The van der Waals surface area contributed by atoms with Gasteiger partial charge in [-0.15, -0.1) is 0 Å². The van der Waals surface area contributed by atoms with E-state index in [0.29, 0.717) is 13.1 Å². The molecular formula is C20H27N3O2. The molecule has 2 amide bonds. The van der Waals surface area contributed by atoms with E-state index in [9.17, 15) is 9.59 Å². The Bertz CT molecular complexity index is 654. The first kappa shape index (κ1) is 16.7. The lowest BCUT2D eigenvalue weighted by Crippen LogP contribution is -2.52. The summed E-state index contributed by atoms with van der Waals surface area (Å²) < 4.78 is 0. The topological polar surface area (TPSA) is 43.9 Å². The summed E-state index contributed by atoms with van der Waals surface area (Å²) in [6.45, 7) is 3.20. The van der Waals surface area contributed by atoms with Crippen LogP contribution >= 0.6 is 0 Å². The number of piperazine rings is 1. The smallest absolute Gasteiger partial charge is 0.237 e. The molecule has 1 aromatic rings. The lowest BCUT2D eigenvalue weighted by Gasteiger charge is -2.41. The number of carbonyl (C=O) groups excluding carboxylic acids is 2. The van der Waals surface area contributed by atoms with Gasteiger partial charge in [0.2, 0.25) is 11.8 Å². The second-order valence-electron chi connectivity index (χ2n) is 7.93. The lowest BCUT2D eigenvalue weighted by atomic mass is 9.85. The van der Waals surface area contributed by atoms with Crippen molar-refractivity contribution in [3.8, 4) is 0 Å². The number of amides is 2. The molecule has 1 aliphatic carbocycles. The molecule has 0 N–H and O–H groups in total. The number of nitrogens with zero attached hydrogens (tertiary/aromatic N) is 3. The maximum atomic E-state index is 13.0. The van der Waals surface area contributed by atoms with E-state index in [2.05, 4.69) is 41.1 Å². The molecule has 2 heterocycles. The standard InChI is InChI=1S/C20H27N3O2/c1-21-11-12-22(17(14-21)16-7-3-2-4-8-16)15-23-18(24)13-20(19(23)25)9-5-6-10-20/h2-4,7-8,17H,5-6,9-15H2,1H3. The molecule has 3 aliphatic rings. The predicted octanol–water partition coefficient (Wildman–Crippen LogP) is 2.25. The normalized spacial score (nSPS) is 27.6. The number of rotatable bonds is 3. The van der Waals surface area contributed by atoms with Crippen LogP contribution in [0, 0.1) is 5.41 Å². The molecule has 0 bridgehead atoms. The average molecular weight is 341 g/mol. The molecule has 5 heteroatoms. The van der Waals surface area contributed by atoms with Crippen LogP contribution in [0.3, 0.4) is 0 Å². The van der Waals surface area contributed by atoms with E-state index in [0.717, 1.165) is 45.3 Å². The van der Waals surface area contributed by atoms with Gasteiger partial charge in [0.05, 0.1) is 12.1 Å². The maximum Gasteiger partial charge on any atom is 0.237 e. The Kier molecular flexibility index (Phi) is 4.38. The van der Waals surface area contributed by atoms with E-state index >= 15 is 0 Å². The van der Waals surface area contributed by atoms with Crippen LogP contribution in [-0.2, 0) is 9.59 Å². The number of likely N-dealkylation sites (tertiary alicyclic amines) is 1. The third kappa shape index (κ3) is 3.00. The minimum atomic E-state index is -0.369. The van der Waals surface area contributed by atoms with Gasteiger partial charge in [-0.1, -0.05) is 43.2 Å². The fraction of sp³-hybridized carbons (Fsp3) is 0.600. The van der Waals surface area contributed by atoms with Crippen molar-refractivity contribution in [2.75, 3.05) is 33.4 Å². The monoisotopic (exact) mass is 341 g/mol. The molecule has 0 radical (unpaired) electrons. The zero-order chi connectivity index (χ0) is 17.4. The van der Waals surface area contributed by atoms with Gasteiger partial charge in [-0.3, -0.25) is 19.4 Å². The fourth-order valence-corrected chi connectivity index (χ4v) is 4.74. The third-order valence-electron chi connectivity index (χ3n) is 6.25. The van der Waals surface area contributed by atoms with Crippen molar-refractivity contribution in [1.29, 1.82) is 0 Å². The van der Waals surface area contributed by atoms with E-state index in [4.69, 9.17) is 0 Å². The van der Waals surface area contributed by atoms with Crippen LogP contribution in [0.4, 0.5) is 0 Å². The second kappa shape index (κ2) is 6.54. The summed E-state index contributed by atoms with van der Waals surface area (Å²) in [7, 11) is 2.13. The van der Waals surface area contributed by atoms with Crippen molar-refractivity contribution in [3.63, 3.8) is 0 Å². The molecule has 0 aromatic heterocycles. The summed E-state index contributed by atoms with van der Waals surface area (Å²) in [5.41, 5.74) is 0.884. The molecule has 3 fully saturated rings. The van der Waals surface area contributed by atoms with Crippen LogP contribution in [0.15, 0.2) is 30.3 Å². The number of hydrogen-bond acceptors (Lipinski definition) is 4. The Hall–Kier alpha value is -1.72. The summed E-state index contributed by atoms with van der Waals surface area (Å²) >= 11 is 0. The van der Waals surface area contributed by atoms with Gasteiger partial charge >= 0.3 is 0 Å². The number of carbonyl (C=O) groups is 2. The molecule has 4 rings (SSSR count). The van der Waals surface area contributed by atoms with Crippen molar-refractivity contribution in [2.24, 2.45) is 5.41 Å². The summed E-state index contributed by atoms with van der Waals surface area (Å²) in [6, 6.07) is 10.6. The van der Waals surface area contributed by atoms with Crippen LogP contribution < -0.4 is 0 Å². The van der Waals surface area contributed by atoms with Gasteiger partial charge in [-0.2, -0.15) is 0 Å². The Morgan fingerprint density at radius 2 is 1.80 bits per heavy atom. The maximum absolute atomic E-state index is 13.0. The van der Waals surface area contributed by atoms with Crippen molar-refractivity contribution in [1.82, 2.24) is 14.7 Å². The number of likely N-dealkylation sites (N-methyl/N-ethyl adjacent to an activating group) is 1. The van der Waals surface area contributed by atoms with Crippen LogP contribution in [0.1, 0.15) is 43.7 Å². The first-order valence-corrected chi connectivity index (χ1v) is 9.41.